The minimum Gasteiger partial charge on any atom is -0.493 e. The van der Waals surface area contributed by atoms with Crippen LogP contribution in [-0.2, 0) is 0 Å². The molecule has 0 aliphatic carbocycles. The average Bonchev–Trinajstić information content (AvgIpc) is 2.53. The Morgan fingerprint density at radius 2 is 1.87 bits per heavy atom. The van der Waals surface area contributed by atoms with E-state index in [4.69, 9.17) is 9.47 Å². The van der Waals surface area contributed by atoms with Crippen molar-refractivity contribution < 1.29 is 14.4 Å². The molecule has 0 spiro atoms. The summed E-state index contributed by atoms with van der Waals surface area (Å²) in [6, 6.07) is 3.14. The molecule has 0 fully saturated rings. The Labute approximate surface area is 146 Å². The number of halogens is 1. The molecule has 1 aromatic rings. The Hall–Kier alpha value is -1.34. The summed E-state index contributed by atoms with van der Waals surface area (Å²) in [5, 5.41) is 11.3. The number of likely N-dealkylation sites (N-methyl/N-ethyl adjacent to an activating group) is 1. The van der Waals surface area contributed by atoms with Crippen LogP contribution in [0.4, 0.5) is 5.69 Å². The number of rotatable bonds is 11. The van der Waals surface area contributed by atoms with Gasteiger partial charge in [-0.15, -0.1) is 0 Å². The first-order valence-electron chi connectivity index (χ1n) is 7.99. The average molecular weight is 389 g/mol. The molecule has 0 saturated carbocycles. The van der Waals surface area contributed by atoms with E-state index in [1.807, 2.05) is 0 Å². The predicted octanol–water partition coefficient (Wildman–Crippen LogP) is 4.26. The van der Waals surface area contributed by atoms with E-state index >= 15 is 0 Å². The lowest BCUT2D eigenvalue weighted by atomic mass is 10.2. The first kappa shape index (κ1) is 19.7. The molecule has 0 N–H and O–H groups in total. The molecule has 6 nitrogen and oxygen atoms in total. The number of nitro benzene ring substituents is 1. The molecule has 0 aliphatic heterocycles. The van der Waals surface area contributed by atoms with Crippen LogP contribution in [0.1, 0.15) is 33.6 Å². The van der Waals surface area contributed by atoms with E-state index in [-0.39, 0.29) is 11.4 Å². The Balaban J connectivity index is 2.83. The molecule has 130 valence electrons. The Bertz CT molecular complexity index is 507. The number of hydrogen-bond donors (Lipinski definition) is 0. The topological polar surface area (TPSA) is 64.8 Å². The van der Waals surface area contributed by atoms with E-state index in [2.05, 4.69) is 41.6 Å². The number of nitrogens with zero attached hydrogens (tertiary/aromatic N) is 2. The van der Waals surface area contributed by atoms with Crippen molar-refractivity contribution in [3.8, 4) is 11.5 Å². The largest absolute Gasteiger partial charge is 0.493 e. The normalized spacial score (nSPS) is 10.8. The zero-order chi connectivity index (χ0) is 17.2. The van der Waals surface area contributed by atoms with Crippen LogP contribution < -0.4 is 9.47 Å². The SMILES string of the molecule is CCCCOc1cc(Br)c(OCCN(CC)CC)c([N+](=O)[O-])c1. The minimum atomic E-state index is -0.440. The second-order valence-corrected chi connectivity index (χ2v) is 5.94. The molecule has 0 amide bonds. The molecule has 0 saturated heterocycles. The van der Waals surface area contributed by atoms with E-state index in [0.717, 1.165) is 32.5 Å². The van der Waals surface area contributed by atoms with Gasteiger partial charge in [-0.2, -0.15) is 0 Å². The number of ether oxygens (including phenoxy) is 2. The second-order valence-electron chi connectivity index (χ2n) is 5.09. The van der Waals surface area contributed by atoms with Gasteiger partial charge in [0.25, 0.3) is 0 Å². The van der Waals surface area contributed by atoms with Crippen molar-refractivity contribution in [2.75, 3.05) is 32.8 Å². The van der Waals surface area contributed by atoms with Crippen molar-refractivity contribution in [3.05, 3.63) is 26.7 Å². The lowest BCUT2D eigenvalue weighted by Gasteiger charge is -2.18. The smallest absolute Gasteiger partial charge is 0.315 e. The number of benzene rings is 1. The van der Waals surface area contributed by atoms with Crippen molar-refractivity contribution in [1.29, 1.82) is 0 Å². The van der Waals surface area contributed by atoms with Gasteiger partial charge in [-0.25, -0.2) is 0 Å². The summed E-state index contributed by atoms with van der Waals surface area (Å²) in [6.07, 6.45) is 1.92. The van der Waals surface area contributed by atoms with Gasteiger partial charge in [-0.3, -0.25) is 10.1 Å². The van der Waals surface area contributed by atoms with Gasteiger partial charge in [0.2, 0.25) is 5.75 Å². The lowest BCUT2D eigenvalue weighted by molar-refractivity contribution is -0.386. The maximum absolute atomic E-state index is 11.3. The van der Waals surface area contributed by atoms with Gasteiger partial charge in [0.15, 0.2) is 0 Å². The third-order valence-corrected chi connectivity index (χ3v) is 4.10. The number of nitro groups is 1. The highest BCUT2D eigenvalue weighted by molar-refractivity contribution is 9.10. The van der Waals surface area contributed by atoms with Gasteiger partial charge >= 0.3 is 5.69 Å². The maximum Gasteiger partial charge on any atom is 0.315 e. The van der Waals surface area contributed by atoms with E-state index in [0.29, 0.717) is 23.4 Å². The highest BCUT2D eigenvalue weighted by Crippen LogP contribution is 2.39. The molecule has 1 aromatic carbocycles. The Morgan fingerprint density at radius 1 is 1.17 bits per heavy atom. The van der Waals surface area contributed by atoms with E-state index < -0.39 is 4.92 Å². The molecule has 0 unspecified atom stereocenters. The summed E-state index contributed by atoms with van der Waals surface area (Å²) in [5.74, 6) is 0.734. The number of hydrogen-bond acceptors (Lipinski definition) is 5. The molecule has 0 atom stereocenters. The van der Waals surface area contributed by atoms with Gasteiger partial charge in [0, 0.05) is 6.54 Å². The molecule has 7 heteroatoms. The van der Waals surface area contributed by atoms with Crippen molar-refractivity contribution >= 4 is 21.6 Å². The van der Waals surface area contributed by atoms with E-state index in [9.17, 15) is 10.1 Å². The van der Waals surface area contributed by atoms with Crippen molar-refractivity contribution in [2.24, 2.45) is 0 Å². The molecule has 0 bridgehead atoms. The molecule has 0 radical (unpaired) electrons. The zero-order valence-electron chi connectivity index (χ0n) is 14.0. The van der Waals surface area contributed by atoms with Crippen LogP contribution in [0.15, 0.2) is 16.6 Å². The highest BCUT2D eigenvalue weighted by atomic mass is 79.9. The van der Waals surface area contributed by atoms with Crippen molar-refractivity contribution in [3.63, 3.8) is 0 Å². The molecule has 0 aliphatic rings. The van der Waals surface area contributed by atoms with Gasteiger partial charge in [-0.05, 0) is 41.5 Å². The fourth-order valence-electron chi connectivity index (χ4n) is 2.07. The van der Waals surface area contributed by atoms with Crippen molar-refractivity contribution in [2.45, 2.75) is 33.6 Å². The Kier molecular flexibility index (Phi) is 8.94. The summed E-state index contributed by atoms with van der Waals surface area (Å²) >= 11 is 3.35. The quantitative estimate of drug-likeness (QED) is 0.322. The minimum absolute atomic E-state index is 0.0783. The molecule has 0 aromatic heterocycles. The first-order chi connectivity index (χ1) is 11.0. The highest BCUT2D eigenvalue weighted by Gasteiger charge is 2.21. The predicted molar refractivity (Wildman–Crippen MR) is 94.5 cm³/mol. The summed E-state index contributed by atoms with van der Waals surface area (Å²) < 4.78 is 11.8. The third-order valence-electron chi connectivity index (χ3n) is 3.51. The lowest BCUT2D eigenvalue weighted by Crippen LogP contribution is -2.28. The zero-order valence-corrected chi connectivity index (χ0v) is 15.6. The van der Waals surface area contributed by atoms with Crippen LogP contribution in [-0.4, -0.2) is 42.7 Å². The third kappa shape index (κ3) is 6.35. The summed E-state index contributed by atoms with van der Waals surface area (Å²) in [4.78, 5) is 13.1. The van der Waals surface area contributed by atoms with E-state index in [1.165, 1.54) is 6.07 Å². The van der Waals surface area contributed by atoms with Gasteiger partial charge in [0.1, 0.15) is 12.4 Å². The molecular formula is C16H25BrN2O4. The summed E-state index contributed by atoms with van der Waals surface area (Å²) in [7, 11) is 0. The van der Waals surface area contributed by atoms with Gasteiger partial charge in [-0.1, -0.05) is 27.2 Å². The standard InChI is InChI=1S/C16H25BrN2O4/c1-4-7-9-22-13-11-14(17)16(15(12-13)19(20)21)23-10-8-18(5-2)6-3/h11-12H,4-10H2,1-3H3. The molecule has 0 heterocycles. The summed E-state index contributed by atoms with van der Waals surface area (Å²) in [6.45, 7) is 9.73. The van der Waals surface area contributed by atoms with Crippen LogP contribution in [0.3, 0.4) is 0 Å². The van der Waals surface area contributed by atoms with Gasteiger partial charge < -0.3 is 14.4 Å². The molecular weight excluding hydrogens is 364 g/mol. The molecule has 1 rings (SSSR count). The van der Waals surface area contributed by atoms with Crippen LogP contribution >= 0.6 is 15.9 Å². The van der Waals surface area contributed by atoms with E-state index in [1.54, 1.807) is 6.07 Å². The van der Waals surface area contributed by atoms with Crippen LogP contribution in [0.25, 0.3) is 0 Å². The molecule has 23 heavy (non-hydrogen) atoms. The Morgan fingerprint density at radius 3 is 2.43 bits per heavy atom. The number of unbranched alkanes of at least 4 members (excludes halogenated alkanes) is 1. The maximum atomic E-state index is 11.3. The van der Waals surface area contributed by atoms with Crippen LogP contribution in [0.2, 0.25) is 0 Å². The summed E-state index contributed by atoms with van der Waals surface area (Å²) in [5.41, 5.74) is -0.0783. The van der Waals surface area contributed by atoms with Gasteiger partial charge in [0.05, 0.1) is 22.1 Å². The first-order valence-corrected chi connectivity index (χ1v) is 8.78. The van der Waals surface area contributed by atoms with Crippen LogP contribution in [0.5, 0.6) is 11.5 Å². The fourth-order valence-corrected chi connectivity index (χ4v) is 2.61. The fraction of sp³-hybridized carbons (Fsp3) is 0.625. The monoisotopic (exact) mass is 388 g/mol. The van der Waals surface area contributed by atoms with Crippen LogP contribution in [0, 0.1) is 10.1 Å². The van der Waals surface area contributed by atoms with Crippen molar-refractivity contribution in [1.82, 2.24) is 4.90 Å². The second kappa shape index (κ2) is 10.4.